The number of amides is 2. The van der Waals surface area contributed by atoms with Crippen molar-refractivity contribution in [3.8, 4) is 0 Å². The van der Waals surface area contributed by atoms with Crippen molar-refractivity contribution in [2.24, 2.45) is 0 Å². The van der Waals surface area contributed by atoms with Gasteiger partial charge >= 0.3 is 6.09 Å². The molecule has 2 aromatic heterocycles. The molecule has 2 atom stereocenters. The molecule has 1 fully saturated rings. The molecule has 11 nitrogen and oxygen atoms in total. The Hall–Kier alpha value is -3.96. The second-order valence-corrected chi connectivity index (χ2v) is 10.8. The zero-order valence-corrected chi connectivity index (χ0v) is 26.8. The first-order valence-electron chi connectivity index (χ1n) is 15.7. The first kappa shape index (κ1) is 35.5. The number of carbonyl (C=O) groups is 2. The number of allylic oxidation sites excluding steroid dienone is 10. The van der Waals surface area contributed by atoms with Crippen molar-refractivity contribution in [1.29, 1.82) is 0 Å². The van der Waals surface area contributed by atoms with E-state index in [0.29, 0.717) is 37.0 Å². The van der Waals surface area contributed by atoms with Gasteiger partial charge in [-0.25, -0.2) is 19.7 Å². The Labute approximate surface area is 270 Å². The van der Waals surface area contributed by atoms with Gasteiger partial charge in [0.25, 0.3) is 0 Å². The molecule has 12 heteroatoms. The SMILES string of the molecule is CC/C=C\C/C=C\C/C=C\C/C=C\C/C=C\CCCC(=O)NCCNC(=O)OCC1CCC(n2c(Cl)nc3c(N)ncnc32)O1. The van der Waals surface area contributed by atoms with Crippen LogP contribution in [-0.2, 0) is 14.3 Å². The molecule has 2 unspecified atom stereocenters. The fraction of sp³-hybridized carbons (Fsp3) is 0.485. The number of carbonyl (C=O) groups excluding carboxylic acids is 2. The Kier molecular flexibility index (Phi) is 16.5. The minimum absolute atomic E-state index is 0.0411. The molecule has 0 aromatic carbocycles. The average molecular weight is 640 g/mol. The summed E-state index contributed by atoms with van der Waals surface area (Å²) in [5, 5.41) is 5.66. The van der Waals surface area contributed by atoms with E-state index in [4.69, 9.17) is 26.8 Å². The van der Waals surface area contributed by atoms with E-state index in [1.165, 1.54) is 6.33 Å². The smallest absolute Gasteiger partial charge is 0.407 e. The van der Waals surface area contributed by atoms with E-state index in [2.05, 4.69) is 93.3 Å². The summed E-state index contributed by atoms with van der Waals surface area (Å²) in [6.07, 6.45) is 30.0. The summed E-state index contributed by atoms with van der Waals surface area (Å²) < 4.78 is 13.0. The number of halogens is 1. The zero-order chi connectivity index (χ0) is 32.1. The largest absolute Gasteiger partial charge is 0.447 e. The van der Waals surface area contributed by atoms with E-state index in [0.717, 1.165) is 44.9 Å². The van der Waals surface area contributed by atoms with Crippen LogP contribution < -0.4 is 16.4 Å². The van der Waals surface area contributed by atoms with Gasteiger partial charge in [0.1, 0.15) is 19.2 Å². The number of nitrogens with two attached hydrogens (primary N) is 1. The third-order valence-electron chi connectivity index (χ3n) is 6.88. The topological polar surface area (TPSA) is 146 Å². The number of unbranched alkanes of at least 4 members (excludes halogenated alkanes) is 1. The summed E-state index contributed by atoms with van der Waals surface area (Å²) in [4.78, 5) is 36.5. The highest BCUT2D eigenvalue weighted by atomic mass is 35.5. The molecule has 3 heterocycles. The number of imidazole rings is 1. The zero-order valence-electron chi connectivity index (χ0n) is 26.1. The maximum atomic E-state index is 12.1. The van der Waals surface area contributed by atoms with Crippen LogP contribution in [0.3, 0.4) is 0 Å². The van der Waals surface area contributed by atoms with Gasteiger partial charge in [-0.05, 0) is 69.4 Å². The molecule has 0 saturated carbocycles. The molecule has 45 heavy (non-hydrogen) atoms. The quantitative estimate of drug-likeness (QED) is 0.0896. The van der Waals surface area contributed by atoms with Crippen LogP contribution in [0.2, 0.25) is 5.28 Å². The molecule has 0 aliphatic carbocycles. The Morgan fingerprint density at radius 2 is 1.62 bits per heavy atom. The normalized spacial score (nSPS) is 17.2. The van der Waals surface area contributed by atoms with Gasteiger partial charge in [-0.15, -0.1) is 0 Å². The molecule has 2 aromatic rings. The summed E-state index contributed by atoms with van der Waals surface area (Å²) in [7, 11) is 0. The number of hydrogen-bond acceptors (Lipinski definition) is 8. The molecule has 0 spiro atoms. The lowest BCUT2D eigenvalue weighted by atomic mass is 10.2. The van der Waals surface area contributed by atoms with Crippen molar-refractivity contribution in [2.45, 2.75) is 83.5 Å². The van der Waals surface area contributed by atoms with Crippen LogP contribution in [0.5, 0.6) is 0 Å². The van der Waals surface area contributed by atoms with Gasteiger partial charge in [0.15, 0.2) is 17.0 Å². The number of nitrogen functional groups attached to an aromatic ring is 1. The molecular weight excluding hydrogens is 594 g/mol. The molecule has 4 N–H and O–H groups in total. The number of hydrogen-bond donors (Lipinski definition) is 3. The summed E-state index contributed by atoms with van der Waals surface area (Å²) in [5.41, 5.74) is 6.78. The highest BCUT2D eigenvalue weighted by Gasteiger charge is 2.31. The van der Waals surface area contributed by atoms with Crippen LogP contribution in [0, 0.1) is 0 Å². The van der Waals surface area contributed by atoms with Crippen LogP contribution in [-0.4, -0.2) is 57.3 Å². The fourth-order valence-corrected chi connectivity index (χ4v) is 4.85. The summed E-state index contributed by atoms with van der Waals surface area (Å²) >= 11 is 6.29. The number of nitrogens with zero attached hydrogens (tertiary/aromatic N) is 4. The van der Waals surface area contributed by atoms with E-state index in [1.54, 1.807) is 4.57 Å². The molecule has 3 rings (SSSR count). The first-order chi connectivity index (χ1) is 22.0. The van der Waals surface area contributed by atoms with Crippen LogP contribution in [0.25, 0.3) is 11.2 Å². The predicted octanol–water partition coefficient (Wildman–Crippen LogP) is 6.50. The fourth-order valence-electron chi connectivity index (χ4n) is 4.58. The lowest BCUT2D eigenvalue weighted by Gasteiger charge is -2.16. The number of rotatable bonds is 19. The predicted molar refractivity (Wildman–Crippen MR) is 179 cm³/mol. The molecule has 1 saturated heterocycles. The molecule has 0 radical (unpaired) electrons. The minimum Gasteiger partial charge on any atom is -0.447 e. The van der Waals surface area contributed by atoms with Crippen molar-refractivity contribution in [1.82, 2.24) is 30.2 Å². The highest BCUT2D eigenvalue weighted by molar-refractivity contribution is 6.29. The maximum absolute atomic E-state index is 12.1. The van der Waals surface area contributed by atoms with Crippen LogP contribution in [0.1, 0.15) is 77.4 Å². The minimum atomic E-state index is -0.568. The van der Waals surface area contributed by atoms with Gasteiger partial charge in [0.2, 0.25) is 11.2 Å². The summed E-state index contributed by atoms with van der Waals surface area (Å²) in [6, 6.07) is 0. The van der Waals surface area contributed by atoms with Gasteiger partial charge in [0.05, 0.1) is 6.10 Å². The maximum Gasteiger partial charge on any atom is 0.407 e. The summed E-state index contributed by atoms with van der Waals surface area (Å²) in [6.45, 7) is 2.83. The lowest BCUT2D eigenvalue weighted by molar-refractivity contribution is -0.121. The standard InChI is InChI=1S/C33H46ClN7O4/c1-2-3-4-5-6-7-8-9-10-11-12-13-14-15-16-17-18-19-27(42)36-22-23-37-33(43)44-24-26-20-21-28(45-26)41-31-29(40-32(41)34)30(35)38-25-39-31/h3-4,6-7,9-10,12-13,15-16,25-26,28H,2,5,8,11,14,17-24H2,1H3,(H,36,42)(H,37,43)(H2,35,38,39)/b4-3-,7-6-,10-9-,13-12-,16-15-. The Morgan fingerprint density at radius 1 is 0.978 bits per heavy atom. The van der Waals surface area contributed by atoms with Crippen LogP contribution in [0.15, 0.2) is 67.1 Å². The second kappa shape index (κ2) is 20.9. The van der Waals surface area contributed by atoms with E-state index >= 15 is 0 Å². The Bertz CT molecular complexity index is 1350. The van der Waals surface area contributed by atoms with Crippen molar-refractivity contribution in [3.05, 3.63) is 72.4 Å². The van der Waals surface area contributed by atoms with Crippen LogP contribution in [0.4, 0.5) is 10.6 Å². The van der Waals surface area contributed by atoms with Gasteiger partial charge in [-0.2, -0.15) is 0 Å². The van der Waals surface area contributed by atoms with E-state index < -0.39 is 12.3 Å². The molecule has 1 aliphatic heterocycles. The third kappa shape index (κ3) is 13.3. The van der Waals surface area contributed by atoms with E-state index in [1.807, 2.05) is 0 Å². The van der Waals surface area contributed by atoms with Gasteiger partial charge in [-0.1, -0.05) is 67.7 Å². The molecule has 244 valence electrons. The highest BCUT2D eigenvalue weighted by Crippen LogP contribution is 2.34. The summed E-state index contributed by atoms with van der Waals surface area (Å²) in [5.74, 6) is 0.202. The molecule has 1 aliphatic rings. The average Bonchev–Trinajstić information content (AvgIpc) is 3.63. The van der Waals surface area contributed by atoms with Crippen molar-refractivity contribution in [3.63, 3.8) is 0 Å². The van der Waals surface area contributed by atoms with Crippen molar-refractivity contribution >= 4 is 40.6 Å². The Morgan fingerprint density at radius 3 is 2.31 bits per heavy atom. The van der Waals surface area contributed by atoms with Crippen molar-refractivity contribution in [2.75, 3.05) is 25.4 Å². The number of fused-ring (bicyclic) bond motifs is 1. The van der Waals surface area contributed by atoms with Crippen LogP contribution >= 0.6 is 11.6 Å². The molecule has 0 bridgehead atoms. The monoisotopic (exact) mass is 639 g/mol. The first-order valence-corrected chi connectivity index (χ1v) is 16.1. The molecule has 2 amide bonds. The van der Waals surface area contributed by atoms with E-state index in [9.17, 15) is 9.59 Å². The number of alkyl carbamates (subject to hydrolysis) is 1. The van der Waals surface area contributed by atoms with E-state index in [-0.39, 0.29) is 36.3 Å². The second-order valence-electron chi connectivity index (χ2n) is 10.4. The van der Waals surface area contributed by atoms with Gasteiger partial charge < -0.3 is 25.8 Å². The molecular formula is C33H46ClN7O4. The van der Waals surface area contributed by atoms with Gasteiger partial charge in [-0.3, -0.25) is 9.36 Å². The number of ether oxygens (including phenoxy) is 2. The number of nitrogens with one attached hydrogen (secondary N) is 2. The Balaban J connectivity index is 1.16. The lowest BCUT2D eigenvalue weighted by Crippen LogP contribution is -2.35. The number of aromatic nitrogens is 4. The third-order valence-corrected chi connectivity index (χ3v) is 7.15. The number of anilines is 1. The van der Waals surface area contributed by atoms with Gasteiger partial charge in [0, 0.05) is 19.5 Å². The van der Waals surface area contributed by atoms with Crippen molar-refractivity contribution < 1.29 is 19.1 Å².